The van der Waals surface area contributed by atoms with Gasteiger partial charge in [0.1, 0.15) is 11.6 Å². The summed E-state index contributed by atoms with van der Waals surface area (Å²) in [6.45, 7) is 5.13. The Labute approximate surface area is 204 Å². The third-order valence-electron chi connectivity index (χ3n) is 7.03. The molecule has 0 radical (unpaired) electrons. The molecule has 4 aromatic rings. The zero-order chi connectivity index (χ0) is 23.8. The second kappa shape index (κ2) is 9.02. The molecule has 1 unspecified atom stereocenters. The zero-order valence-electron chi connectivity index (χ0n) is 19.9. The van der Waals surface area contributed by atoms with Crippen molar-refractivity contribution in [3.05, 3.63) is 89.6 Å². The van der Waals surface area contributed by atoms with Crippen LogP contribution in [0.25, 0.3) is 22.6 Å². The highest BCUT2D eigenvalue weighted by Gasteiger charge is 2.31. The highest BCUT2D eigenvalue weighted by atomic mass is 16.3. The average Bonchev–Trinajstić information content (AvgIpc) is 3.41. The molecule has 1 aromatic carbocycles. The molecule has 1 saturated heterocycles. The van der Waals surface area contributed by atoms with E-state index in [2.05, 4.69) is 22.9 Å². The van der Waals surface area contributed by atoms with Gasteiger partial charge in [-0.3, -0.25) is 4.79 Å². The van der Waals surface area contributed by atoms with E-state index in [9.17, 15) is 4.79 Å². The summed E-state index contributed by atoms with van der Waals surface area (Å²) in [4.78, 5) is 27.9. The van der Waals surface area contributed by atoms with Crippen LogP contribution in [0.5, 0.6) is 0 Å². The minimum atomic E-state index is 0.104. The Morgan fingerprint density at radius 3 is 2.60 bits per heavy atom. The molecule has 3 aromatic heterocycles. The Morgan fingerprint density at radius 2 is 1.83 bits per heavy atom. The number of nitrogens with zero attached hydrogens (tertiary/aromatic N) is 4. The quantitative estimate of drug-likeness (QED) is 0.411. The van der Waals surface area contributed by atoms with Gasteiger partial charge in [-0.1, -0.05) is 31.2 Å². The topological polar surface area (TPSA) is 62.5 Å². The maximum atomic E-state index is 14.1. The number of hydrogen-bond donors (Lipinski definition) is 0. The van der Waals surface area contributed by atoms with E-state index in [1.165, 1.54) is 0 Å². The smallest absolute Gasteiger partial charge is 0.255 e. The Kier molecular flexibility index (Phi) is 5.57. The van der Waals surface area contributed by atoms with Crippen molar-refractivity contribution in [2.75, 3.05) is 31.1 Å². The summed E-state index contributed by atoms with van der Waals surface area (Å²) in [7, 11) is 0. The number of rotatable bonds is 3. The van der Waals surface area contributed by atoms with Crippen molar-refractivity contribution in [1.29, 1.82) is 0 Å². The van der Waals surface area contributed by atoms with Gasteiger partial charge in [-0.2, -0.15) is 0 Å². The van der Waals surface area contributed by atoms with Crippen LogP contribution in [0.1, 0.15) is 40.7 Å². The summed E-state index contributed by atoms with van der Waals surface area (Å²) in [5, 5.41) is 0.940. The SMILES string of the molecule is CC1C/C(=C\c2ccco2)c2nc3ccccc3c(C(=O)N3CCN(c4ccccn4)CC3)c2C1. The van der Waals surface area contributed by atoms with Crippen LogP contribution in [-0.2, 0) is 6.42 Å². The molecule has 176 valence electrons. The molecule has 1 aliphatic heterocycles. The van der Waals surface area contributed by atoms with E-state index in [4.69, 9.17) is 9.40 Å². The molecule has 0 N–H and O–H groups in total. The van der Waals surface area contributed by atoms with E-state index in [0.717, 1.165) is 70.8 Å². The fraction of sp³-hybridized carbons (Fsp3) is 0.276. The fourth-order valence-corrected chi connectivity index (χ4v) is 5.36. The molecule has 1 atom stereocenters. The van der Waals surface area contributed by atoms with Crippen LogP contribution in [0.2, 0.25) is 0 Å². The molecule has 6 nitrogen and oxygen atoms in total. The molecule has 6 rings (SSSR count). The number of anilines is 1. The van der Waals surface area contributed by atoms with E-state index < -0.39 is 0 Å². The number of hydrogen-bond acceptors (Lipinski definition) is 5. The number of carbonyl (C=O) groups excluding carboxylic acids is 1. The second-order valence-corrected chi connectivity index (χ2v) is 9.50. The molecule has 1 fully saturated rings. The monoisotopic (exact) mass is 464 g/mol. The Balaban J connectivity index is 1.39. The van der Waals surface area contributed by atoms with Crippen LogP contribution in [0, 0.1) is 5.92 Å². The van der Waals surface area contributed by atoms with Gasteiger partial charge in [0.15, 0.2) is 0 Å². The highest BCUT2D eigenvalue weighted by molar-refractivity contribution is 6.09. The average molecular weight is 465 g/mol. The van der Waals surface area contributed by atoms with E-state index in [-0.39, 0.29) is 5.91 Å². The minimum absolute atomic E-state index is 0.104. The molecule has 4 heterocycles. The first-order valence-corrected chi connectivity index (χ1v) is 12.3. The number of amides is 1. The number of para-hydroxylation sites is 1. The fourth-order valence-electron chi connectivity index (χ4n) is 5.36. The van der Waals surface area contributed by atoms with E-state index >= 15 is 0 Å². The van der Waals surface area contributed by atoms with Crippen molar-refractivity contribution in [3.63, 3.8) is 0 Å². The lowest BCUT2D eigenvalue weighted by molar-refractivity contribution is 0.0747. The first-order chi connectivity index (χ1) is 17.2. The van der Waals surface area contributed by atoms with Crippen LogP contribution in [0.4, 0.5) is 5.82 Å². The van der Waals surface area contributed by atoms with Gasteiger partial charge in [-0.05, 0) is 66.3 Å². The molecule has 2 aliphatic rings. The van der Waals surface area contributed by atoms with Crippen molar-refractivity contribution in [2.45, 2.75) is 19.8 Å². The van der Waals surface area contributed by atoms with Gasteiger partial charge in [-0.15, -0.1) is 0 Å². The van der Waals surface area contributed by atoms with Gasteiger partial charge in [0.05, 0.1) is 23.0 Å². The minimum Gasteiger partial charge on any atom is -0.465 e. The van der Waals surface area contributed by atoms with Crippen LogP contribution in [-0.4, -0.2) is 47.0 Å². The van der Waals surface area contributed by atoms with Gasteiger partial charge < -0.3 is 14.2 Å². The lowest BCUT2D eigenvalue weighted by atomic mass is 9.80. The molecule has 0 spiro atoms. The second-order valence-electron chi connectivity index (χ2n) is 9.50. The summed E-state index contributed by atoms with van der Waals surface area (Å²) in [5.41, 5.74) is 4.81. The highest BCUT2D eigenvalue weighted by Crippen LogP contribution is 2.39. The maximum Gasteiger partial charge on any atom is 0.255 e. The number of benzene rings is 1. The van der Waals surface area contributed by atoms with Gasteiger partial charge in [0, 0.05) is 37.8 Å². The summed E-state index contributed by atoms with van der Waals surface area (Å²) in [5.74, 6) is 2.30. The molecule has 35 heavy (non-hydrogen) atoms. The Morgan fingerprint density at radius 1 is 1.00 bits per heavy atom. The number of piperazine rings is 1. The third kappa shape index (κ3) is 4.09. The first kappa shape index (κ1) is 21.6. The number of fused-ring (bicyclic) bond motifs is 2. The van der Waals surface area contributed by atoms with E-state index in [0.29, 0.717) is 19.0 Å². The number of carbonyl (C=O) groups is 1. The predicted octanol–water partition coefficient (Wildman–Crippen LogP) is 5.31. The first-order valence-electron chi connectivity index (χ1n) is 12.3. The molecule has 0 bridgehead atoms. The molecule has 1 amide bonds. The van der Waals surface area contributed by atoms with Crippen LogP contribution in [0.3, 0.4) is 0 Å². The number of aromatic nitrogens is 2. The van der Waals surface area contributed by atoms with Crippen molar-refractivity contribution >= 4 is 34.3 Å². The van der Waals surface area contributed by atoms with Gasteiger partial charge in [0.2, 0.25) is 0 Å². The predicted molar refractivity (Wildman–Crippen MR) is 138 cm³/mol. The molecule has 0 saturated carbocycles. The molecular weight excluding hydrogens is 436 g/mol. The summed E-state index contributed by atoms with van der Waals surface area (Å²) in [6.07, 6.45) is 7.34. The third-order valence-corrected chi connectivity index (χ3v) is 7.03. The Hall–Kier alpha value is -3.93. The van der Waals surface area contributed by atoms with Gasteiger partial charge in [-0.25, -0.2) is 9.97 Å². The van der Waals surface area contributed by atoms with E-state index in [1.807, 2.05) is 65.7 Å². The molecular formula is C29H28N4O2. The zero-order valence-corrected chi connectivity index (χ0v) is 19.9. The maximum absolute atomic E-state index is 14.1. The van der Waals surface area contributed by atoms with Crippen LogP contribution in [0.15, 0.2) is 71.5 Å². The normalized spacial score (nSPS) is 19.2. The standard InChI is InChI=1S/C29H28N4O2/c1-20-17-21(19-22-7-6-16-35-22)28-24(18-20)27(23-8-2-3-9-25(23)31-28)29(34)33-14-12-32(13-15-33)26-10-4-5-11-30-26/h2-11,16,19-20H,12-15,17-18H2,1H3/b21-19+. The summed E-state index contributed by atoms with van der Waals surface area (Å²) in [6, 6.07) is 17.8. The molecule has 6 heteroatoms. The molecule has 1 aliphatic carbocycles. The van der Waals surface area contributed by atoms with Crippen molar-refractivity contribution in [2.24, 2.45) is 5.92 Å². The van der Waals surface area contributed by atoms with Crippen molar-refractivity contribution in [1.82, 2.24) is 14.9 Å². The lowest BCUT2D eigenvalue weighted by Crippen LogP contribution is -2.49. The number of pyridine rings is 2. The summed E-state index contributed by atoms with van der Waals surface area (Å²) >= 11 is 0. The van der Waals surface area contributed by atoms with Gasteiger partial charge >= 0.3 is 0 Å². The lowest BCUT2D eigenvalue weighted by Gasteiger charge is -2.36. The van der Waals surface area contributed by atoms with Crippen LogP contribution < -0.4 is 4.90 Å². The van der Waals surface area contributed by atoms with Crippen LogP contribution >= 0.6 is 0 Å². The van der Waals surface area contributed by atoms with Crippen molar-refractivity contribution in [3.8, 4) is 0 Å². The Bertz CT molecular complexity index is 1390. The largest absolute Gasteiger partial charge is 0.465 e. The van der Waals surface area contributed by atoms with Crippen molar-refractivity contribution < 1.29 is 9.21 Å². The number of furan rings is 1. The number of allylic oxidation sites excluding steroid dienone is 1. The summed E-state index contributed by atoms with van der Waals surface area (Å²) < 4.78 is 5.60. The van der Waals surface area contributed by atoms with E-state index in [1.54, 1.807) is 6.26 Å². The van der Waals surface area contributed by atoms with Gasteiger partial charge in [0.25, 0.3) is 5.91 Å².